The fraction of sp³-hybridized carbons (Fsp3) is 1.00. The second-order valence-electron chi connectivity index (χ2n) is 4.41. The second kappa shape index (κ2) is 10.9. The van der Waals surface area contributed by atoms with Crippen molar-refractivity contribution in [2.24, 2.45) is 0 Å². The first-order valence-corrected chi connectivity index (χ1v) is 8.27. The van der Waals surface area contributed by atoms with Crippen LogP contribution in [0.4, 0.5) is 0 Å². The van der Waals surface area contributed by atoms with Crippen LogP contribution in [0, 0.1) is 0 Å². The quantitative estimate of drug-likeness (QED) is 0.215. The molecule has 0 aliphatic carbocycles. The van der Waals surface area contributed by atoms with Gasteiger partial charge in [-0.1, -0.05) is 6.42 Å². The van der Waals surface area contributed by atoms with Crippen LogP contribution in [-0.4, -0.2) is 62.8 Å². The van der Waals surface area contributed by atoms with Gasteiger partial charge in [0.1, 0.15) is 12.4 Å². The summed E-state index contributed by atoms with van der Waals surface area (Å²) in [6.45, 7) is 3.16. The average molecular weight is 278 g/mol. The molecule has 0 N–H and O–H groups in total. The molecule has 2 atom stereocenters. The minimum absolute atomic E-state index is 0.0834. The van der Waals surface area contributed by atoms with Crippen LogP contribution in [-0.2, 0) is 23.4 Å². The maximum absolute atomic E-state index is 5.72. The zero-order valence-corrected chi connectivity index (χ0v) is 13.0. The van der Waals surface area contributed by atoms with E-state index in [-0.39, 0.29) is 6.29 Å². The monoisotopic (exact) mass is 278 g/mol. The van der Waals surface area contributed by atoms with Crippen molar-refractivity contribution in [2.75, 3.05) is 40.6 Å². The third-order valence-electron chi connectivity index (χ3n) is 2.76. The Morgan fingerprint density at radius 3 is 2.78 bits per heavy atom. The predicted molar refractivity (Wildman–Crippen MR) is 71.5 cm³/mol. The lowest BCUT2D eigenvalue weighted by molar-refractivity contribution is -0.0679. The van der Waals surface area contributed by atoms with Gasteiger partial charge in [0, 0.05) is 27.2 Å². The first-order valence-electron chi connectivity index (χ1n) is 6.69. The predicted octanol–water partition coefficient (Wildman–Crippen LogP) is 0.710. The Labute approximate surface area is 112 Å². The second-order valence-corrected chi connectivity index (χ2v) is 5.86. The molecule has 0 saturated carbocycles. The molecule has 1 saturated heterocycles. The van der Waals surface area contributed by atoms with Crippen molar-refractivity contribution in [1.29, 1.82) is 0 Å². The molecule has 0 bridgehead atoms. The third-order valence-corrected chi connectivity index (χ3v) is 4.16. The highest BCUT2D eigenvalue weighted by Crippen LogP contribution is 2.09. The smallest absolute Gasteiger partial charge is 0.165 e. The van der Waals surface area contributed by atoms with Gasteiger partial charge in [0.2, 0.25) is 0 Å². The van der Waals surface area contributed by atoms with Crippen LogP contribution in [0.25, 0.3) is 0 Å². The standard InChI is InChI=1S/C12H26O5Si/c1-13-7-5-12(14-2)17-18-8-4-3-6-15-9-11-10-16-11/h11-12H,3-10,18H2,1-2H3. The van der Waals surface area contributed by atoms with Crippen molar-refractivity contribution in [3.63, 3.8) is 0 Å². The Bertz CT molecular complexity index is 189. The summed E-state index contributed by atoms with van der Waals surface area (Å²) in [5.41, 5.74) is 0. The molecule has 1 aliphatic heterocycles. The summed E-state index contributed by atoms with van der Waals surface area (Å²) in [4.78, 5) is 0. The number of unbranched alkanes of at least 4 members (excludes halogenated alkanes) is 1. The first kappa shape index (κ1) is 16.1. The molecule has 0 aromatic heterocycles. The molecule has 18 heavy (non-hydrogen) atoms. The van der Waals surface area contributed by atoms with Crippen molar-refractivity contribution in [3.8, 4) is 0 Å². The Morgan fingerprint density at radius 2 is 2.11 bits per heavy atom. The maximum Gasteiger partial charge on any atom is 0.165 e. The lowest BCUT2D eigenvalue weighted by Gasteiger charge is -2.15. The lowest BCUT2D eigenvalue weighted by atomic mass is 10.3. The van der Waals surface area contributed by atoms with E-state index in [1.165, 1.54) is 12.5 Å². The number of ether oxygens (including phenoxy) is 4. The summed E-state index contributed by atoms with van der Waals surface area (Å²) in [5, 5.41) is 0. The van der Waals surface area contributed by atoms with E-state index in [9.17, 15) is 0 Å². The molecule has 0 aromatic rings. The van der Waals surface area contributed by atoms with Gasteiger partial charge < -0.3 is 23.4 Å². The number of hydrogen-bond acceptors (Lipinski definition) is 5. The van der Waals surface area contributed by atoms with Crippen molar-refractivity contribution >= 4 is 9.76 Å². The molecular formula is C12H26O5Si. The normalized spacial score (nSPS) is 20.7. The van der Waals surface area contributed by atoms with E-state index in [4.69, 9.17) is 23.4 Å². The van der Waals surface area contributed by atoms with Gasteiger partial charge in [0.15, 0.2) is 9.76 Å². The van der Waals surface area contributed by atoms with Gasteiger partial charge in [-0.2, -0.15) is 0 Å². The topological polar surface area (TPSA) is 49.5 Å². The van der Waals surface area contributed by atoms with E-state index in [0.29, 0.717) is 12.7 Å². The molecule has 1 fully saturated rings. The van der Waals surface area contributed by atoms with E-state index < -0.39 is 9.76 Å². The average Bonchev–Trinajstić information content (AvgIpc) is 3.20. The summed E-state index contributed by atoms with van der Waals surface area (Å²) in [5.74, 6) is 0. The summed E-state index contributed by atoms with van der Waals surface area (Å²) >= 11 is 0. The maximum atomic E-state index is 5.72. The minimum atomic E-state index is -0.473. The fourth-order valence-electron chi connectivity index (χ4n) is 1.56. The van der Waals surface area contributed by atoms with Crippen LogP contribution in [0.15, 0.2) is 0 Å². The summed E-state index contributed by atoms with van der Waals surface area (Å²) in [7, 11) is 2.90. The minimum Gasteiger partial charge on any atom is -0.400 e. The molecular weight excluding hydrogens is 252 g/mol. The molecule has 0 amide bonds. The number of rotatable bonds is 13. The zero-order chi connectivity index (χ0) is 13.1. The van der Waals surface area contributed by atoms with Crippen LogP contribution >= 0.6 is 0 Å². The molecule has 1 rings (SSSR count). The summed E-state index contributed by atoms with van der Waals surface area (Å²) in [6, 6.07) is 1.18. The molecule has 108 valence electrons. The molecule has 2 unspecified atom stereocenters. The van der Waals surface area contributed by atoms with Gasteiger partial charge in [-0.25, -0.2) is 0 Å². The highest BCUT2D eigenvalue weighted by molar-refractivity contribution is 6.27. The van der Waals surface area contributed by atoms with Crippen LogP contribution in [0.5, 0.6) is 0 Å². The van der Waals surface area contributed by atoms with E-state index in [1.807, 2.05) is 0 Å². The van der Waals surface area contributed by atoms with Gasteiger partial charge >= 0.3 is 0 Å². The van der Waals surface area contributed by atoms with Crippen LogP contribution in [0.3, 0.4) is 0 Å². The SMILES string of the molecule is COCCC(OC)O[SiH2]CCCCOCC1CO1. The number of methoxy groups -OCH3 is 2. The van der Waals surface area contributed by atoms with E-state index in [0.717, 1.165) is 32.7 Å². The van der Waals surface area contributed by atoms with E-state index in [2.05, 4.69) is 0 Å². The van der Waals surface area contributed by atoms with Crippen molar-refractivity contribution < 1.29 is 23.4 Å². The summed E-state index contributed by atoms with van der Waals surface area (Å²) in [6.07, 6.45) is 3.40. The van der Waals surface area contributed by atoms with E-state index in [1.54, 1.807) is 14.2 Å². The van der Waals surface area contributed by atoms with Crippen molar-refractivity contribution in [2.45, 2.75) is 37.7 Å². The molecule has 1 heterocycles. The molecule has 0 aromatic carbocycles. The van der Waals surface area contributed by atoms with Gasteiger partial charge in [0.05, 0.1) is 19.8 Å². The Hall–Kier alpha value is 0.0169. The van der Waals surface area contributed by atoms with E-state index >= 15 is 0 Å². The first-order chi connectivity index (χ1) is 8.86. The highest BCUT2D eigenvalue weighted by atomic mass is 28.2. The Kier molecular flexibility index (Phi) is 9.73. The fourth-order valence-corrected chi connectivity index (χ4v) is 2.85. The van der Waals surface area contributed by atoms with Gasteiger partial charge in [-0.05, 0) is 12.5 Å². The lowest BCUT2D eigenvalue weighted by Crippen LogP contribution is -2.19. The van der Waals surface area contributed by atoms with Gasteiger partial charge in [-0.3, -0.25) is 0 Å². The molecule has 5 nitrogen and oxygen atoms in total. The molecule has 6 heteroatoms. The van der Waals surface area contributed by atoms with Crippen molar-refractivity contribution in [1.82, 2.24) is 0 Å². The Balaban J connectivity index is 1.78. The Morgan fingerprint density at radius 1 is 1.28 bits per heavy atom. The van der Waals surface area contributed by atoms with Crippen LogP contribution in [0.1, 0.15) is 19.3 Å². The molecule has 0 spiro atoms. The third kappa shape index (κ3) is 9.01. The largest absolute Gasteiger partial charge is 0.400 e. The van der Waals surface area contributed by atoms with Gasteiger partial charge in [0.25, 0.3) is 0 Å². The highest BCUT2D eigenvalue weighted by Gasteiger charge is 2.21. The van der Waals surface area contributed by atoms with Crippen LogP contribution in [0.2, 0.25) is 6.04 Å². The molecule has 1 aliphatic rings. The number of epoxide rings is 1. The van der Waals surface area contributed by atoms with Crippen LogP contribution < -0.4 is 0 Å². The number of hydrogen-bond donors (Lipinski definition) is 0. The van der Waals surface area contributed by atoms with Gasteiger partial charge in [-0.15, -0.1) is 0 Å². The molecule has 0 radical (unpaired) electrons. The van der Waals surface area contributed by atoms with Crippen molar-refractivity contribution in [3.05, 3.63) is 0 Å². The summed E-state index contributed by atoms with van der Waals surface area (Å²) < 4.78 is 26.5. The zero-order valence-electron chi connectivity index (χ0n) is 11.6.